The lowest BCUT2D eigenvalue weighted by Crippen LogP contribution is -2.44. The lowest BCUT2D eigenvalue weighted by Gasteiger charge is -2.22. The van der Waals surface area contributed by atoms with E-state index < -0.39 is 34.9 Å². The molecular formula is C29H30N4O6. The molecule has 0 aliphatic rings. The molecule has 0 aliphatic carbocycles. The van der Waals surface area contributed by atoms with Gasteiger partial charge in [0.1, 0.15) is 11.3 Å². The van der Waals surface area contributed by atoms with E-state index in [0.717, 1.165) is 5.56 Å². The summed E-state index contributed by atoms with van der Waals surface area (Å²) in [6, 6.07) is 18.7. The first-order chi connectivity index (χ1) is 18.5. The molecule has 2 aromatic heterocycles. The first-order valence-corrected chi connectivity index (χ1v) is 12.4. The predicted molar refractivity (Wildman–Crippen MR) is 144 cm³/mol. The van der Waals surface area contributed by atoms with E-state index in [1.54, 1.807) is 45.0 Å². The molecule has 0 aliphatic heterocycles. The minimum Gasteiger partial charge on any atom is -0.444 e. The topological polar surface area (TPSA) is 125 Å². The van der Waals surface area contributed by atoms with Crippen molar-refractivity contribution in [3.8, 4) is 0 Å². The van der Waals surface area contributed by atoms with Crippen LogP contribution in [-0.2, 0) is 17.7 Å². The molecule has 1 N–H and O–H groups in total. The average molecular weight is 531 g/mol. The Kier molecular flexibility index (Phi) is 7.94. The lowest BCUT2D eigenvalue weighted by atomic mass is 10.0. The summed E-state index contributed by atoms with van der Waals surface area (Å²) in [5.41, 5.74) is -0.354. The van der Waals surface area contributed by atoms with Crippen LogP contribution in [0, 0.1) is 6.92 Å². The highest BCUT2D eigenvalue weighted by Gasteiger charge is 2.24. The number of alkyl carbamates (subject to hydrolysis) is 1. The van der Waals surface area contributed by atoms with Crippen LogP contribution in [0.3, 0.4) is 0 Å². The highest BCUT2D eigenvalue weighted by atomic mass is 16.6. The SMILES string of the molecule is Cc1cn(Cc2cc([C@H](Cc3ccccc3)NC(=O)OC(C)(C)C)no2)c(=O)n(C(=O)c2ccccc2)c1=O. The van der Waals surface area contributed by atoms with Gasteiger partial charge >= 0.3 is 11.8 Å². The normalized spacial score (nSPS) is 12.1. The van der Waals surface area contributed by atoms with Crippen LogP contribution < -0.4 is 16.6 Å². The molecule has 2 heterocycles. The monoisotopic (exact) mass is 530 g/mol. The van der Waals surface area contributed by atoms with Crippen LogP contribution in [0.25, 0.3) is 0 Å². The number of aromatic nitrogens is 3. The molecule has 10 heteroatoms. The molecule has 0 radical (unpaired) electrons. The second-order valence-corrected chi connectivity index (χ2v) is 10.1. The number of benzene rings is 2. The molecule has 1 amide bonds. The molecule has 4 aromatic rings. The smallest absolute Gasteiger partial charge is 0.408 e. The lowest BCUT2D eigenvalue weighted by molar-refractivity contribution is 0.0501. The van der Waals surface area contributed by atoms with Crippen LogP contribution in [-0.4, -0.2) is 31.9 Å². The van der Waals surface area contributed by atoms with E-state index >= 15 is 0 Å². The summed E-state index contributed by atoms with van der Waals surface area (Å²) in [5.74, 6) is -0.418. The average Bonchev–Trinajstić information content (AvgIpc) is 3.35. The number of aryl methyl sites for hydroxylation is 1. The van der Waals surface area contributed by atoms with Crippen LogP contribution >= 0.6 is 0 Å². The number of rotatable bonds is 7. The maximum absolute atomic E-state index is 13.2. The Bertz CT molecular complexity index is 1580. The second-order valence-electron chi connectivity index (χ2n) is 10.1. The van der Waals surface area contributed by atoms with Crippen molar-refractivity contribution in [3.63, 3.8) is 0 Å². The van der Waals surface area contributed by atoms with Crippen LogP contribution in [0.1, 0.15) is 59.8 Å². The molecule has 0 unspecified atom stereocenters. The van der Waals surface area contributed by atoms with Gasteiger partial charge in [-0.1, -0.05) is 53.7 Å². The van der Waals surface area contributed by atoms with Gasteiger partial charge in [0.05, 0.1) is 12.6 Å². The predicted octanol–water partition coefficient (Wildman–Crippen LogP) is 3.85. The quantitative estimate of drug-likeness (QED) is 0.385. The van der Waals surface area contributed by atoms with Crippen molar-refractivity contribution in [3.05, 3.63) is 122 Å². The Morgan fingerprint density at radius 3 is 2.31 bits per heavy atom. The Hall–Kier alpha value is -4.73. The summed E-state index contributed by atoms with van der Waals surface area (Å²) in [5, 5.41) is 6.98. The van der Waals surface area contributed by atoms with Gasteiger partial charge in [-0.2, -0.15) is 4.57 Å². The van der Waals surface area contributed by atoms with Gasteiger partial charge in [-0.25, -0.2) is 9.59 Å². The number of carbonyl (C=O) groups excluding carboxylic acids is 2. The molecule has 202 valence electrons. The molecule has 0 saturated heterocycles. The fourth-order valence-electron chi connectivity index (χ4n) is 4.00. The maximum atomic E-state index is 13.2. The molecule has 0 fully saturated rings. The van der Waals surface area contributed by atoms with Crippen molar-refractivity contribution >= 4 is 12.0 Å². The number of hydrogen-bond donors (Lipinski definition) is 1. The molecule has 4 rings (SSSR count). The van der Waals surface area contributed by atoms with E-state index in [4.69, 9.17) is 9.26 Å². The Morgan fingerprint density at radius 2 is 1.67 bits per heavy atom. The van der Waals surface area contributed by atoms with Crippen molar-refractivity contribution in [1.29, 1.82) is 0 Å². The molecule has 10 nitrogen and oxygen atoms in total. The van der Waals surface area contributed by atoms with E-state index in [2.05, 4.69) is 10.5 Å². The highest BCUT2D eigenvalue weighted by Crippen LogP contribution is 2.20. The molecule has 0 bridgehead atoms. The van der Waals surface area contributed by atoms with Crippen molar-refractivity contribution in [1.82, 2.24) is 19.6 Å². The summed E-state index contributed by atoms with van der Waals surface area (Å²) in [6.45, 7) is 6.76. The number of carbonyl (C=O) groups is 2. The van der Waals surface area contributed by atoms with Gasteiger partial charge in [-0.3, -0.25) is 14.2 Å². The van der Waals surface area contributed by atoms with Crippen LogP contribution in [0.2, 0.25) is 0 Å². The third-order valence-electron chi connectivity index (χ3n) is 5.78. The third-order valence-corrected chi connectivity index (χ3v) is 5.78. The maximum Gasteiger partial charge on any atom is 0.408 e. The largest absolute Gasteiger partial charge is 0.444 e. The molecular weight excluding hydrogens is 500 g/mol. The van der Waals surface area contributed by atoms with E-state index in [9.17, 15) is 19.2 Å². The van der Waals surface area contributed by atoms with Gasteiger partial charge in [0.15, 0.2) is 5.76 Å². The number of nitrogens with zero attached hydrogens (tertiary/aromatic N) is 3. The molecule has 39 heavy (non-hydrogen) atoms. The zero-order chi connectivity index (χ0) is 28.2. The van der Waals surface area contributed by atoms with Crippen LogP contribution in [0.15, 0.2) is 87.0 Å². The first-order valence-electron chi connectivity index (χ1n) is 12.4. The van der Waals surface area contributed by atoms with E-state index in [1.165, 1.54) is 29.8 Å². The van der Waals surface area contributed by atoms with E-state index in [0.29, 0.717) is 22.4 Å². The van der Waals surface area contributed by atoms with Gasteiger partial charge < -0.3 is 14.6 Å². The van der Waals surface area contributed by atoms with Gasteiger partial charge in [0, 0.05) is 23.4 Å². The van der Waals surface area contributed by atoms with Gasteiger partial charge in [-0.15, -0.1) is 0 Å². The van der Waals surface area contributed by atoms with Gasteiger partial charge in [-0.05, 0) is 51.8 Å². The number of ether oxygens (including phenoxy) is 1. The van der Waals surface area contributed by atoms with Gasteiger partial charge in [0.25, 0.3) is 11.5 Å². The minimum atomic E-state index is -0.801. The summed E-state index contributed by atoms with van der Waals surface area (Å²) in [6.07, 6.45) is 1.19. The summed E-state index contributed by atoms with van der Waals surface area (Å²) in [4.78, 5) is 51.4. The molecule has 1 atom stereocenters. The van der Waals surface area contributed by atoms with Crippen LogP contribution in [0.5, 0.6) is 0 Å². The van der Waals surface area contributed by atoms with E-state index in [-0.39, 0.29) is 17.7 Å². The summed E-state index contributed by atoms with van der Waals surface area (Å²) < 4.78 is 12.8. The number of hydrogen-bond acceptors (Lipinski definition) is 7. The third kappa shape index (κ3) is 6.78. The Labute approximate surface area is 224 Å². The Morgan fingerprint density at radius 1 is 1.03 bits per heavy atom. The highest BCUT2D eigenvalue weighted by molar-refractivity contribution is 5.95. The summed E-state index contributed by atoms with van der Waals surface area (Å²) in [7, 11) is 0. The van der Waals surface area contributed by atoms with Crippen molar-refractivity contribution in [2.75, 3.05) is 0 Å². The second kappa shape index (κ2) is 11.3. The minimum absolute atomic E-state index is 0.0838. The van der Waals surface area contributed by atoms with Crippen molar-refractivity contribution in [2.24, 2.45) is 0 Å². The first kappa shape index (κ1) is 27.3. The van der Waals surface area contributed by atoms with Gasteiger partial charge in [0.2, 0.25) is 0 Å². The zero-order valence-corrected chi connectivity index (χ0v) is 22.2. The van der Waals surface area contributed by atoms with E-state index in [1.807, 2.05) is 30.3 Å². The fourth-order valence-corrected chi connectivity index (χ4v) is 4.00. The number of nitrogens with one attached hydrogen (secondary N) is 1. The molecule has 0 spiro atoms. The van der Waals surface area contributed by atoms with Crippen LogP contribution in [0.4, 0.5) is 4.79 Å². The summed E-state index contributed by atoms with van der Waals surface area (Å²) >= 11 is 0. The molecule has 2 aromatic carbocycles. The number of amides is 1. The fraction of sp³-hybridized carbons (Fsp3) is 0.276. The standard InChI is InChI=1S/C29H30N4O6/c1-19-17-32(28(37)33(25(19)34)26(35)21-13-9-6-10-14-21)18-22-16-24(31-39-22)23(15-20-11-7-5-8-12-20)30-27(36)38-29(2,3)4/h5-14,16-17,23H,15,18H2,1-4H3,(H,30,36)/t23-/m0/s1. The Balaban J connectivity index is 1.63. The molecule has 0 saturated carbocycles. The van der Waals surface area contributed by atoms with Crippen molar-refractivity contribution in [2.45, 2.75) is 52.3 Å². The van der Waals surface area contributed by atoms with Crippen molar-refractivity contribution < 1.29 is 18.8 Å². The zero-order valence-electron chi connectivity index (χ0n) is 22.2.